The Kier molecular flexibility index (Phi) is 8.41. The van der Waals surface area contributed by atoms with Gasteiger partial charge in [-0.25, -0.2) is 9.79 Å². The zero-order valence-electron chi connectivity index (χ0n) is 16.2. The predicted octanol–water partition coefficient (Wildman–Crippen LogP) is 2.69. The van der Waals surface area contributed by atoms with Gasteiger partial charge in [-0.3, -0.25) is 0 Å². The first-order valence-corrected chi connectivity index (χ1v) is 9.47. The predicted molar refractivity (Wildman–Crippen MR) is 103 cm³/mol. The number of carbonyl (C=O) groups is 1. The normalized spacial score (nSPS) is 14.2. The highest BCUT2D eigenvalue weighted by Crippen LogP contribution is 2.28. The second-order valence-electron chi connectivity index (χ2n) is 6.53. The Bertz CT molecular complexity index is 582. The van der Waals surface area contributed by atoms with Gasteiger partial charge < -0.3 is 19.7 Å². The van der Waals surface area contributed by atoms with Crippen molar-refractivity contribution >= 4 is 11.9 Å². The number of nitrogens with zero attached hydrogens (tertiary/aromatic N) is 2. The molecule has 0 spiro atoms. The van der Waals surface area contributed by atoms with Gasteiger partial charge in [0.1, 0.15) is 0 Å². The van der Waals surface area contributed by atoms with Crippen molar-refractivity contribution in [1.82, 2.24) is 10.2 Å². The summed E-state index contributed by atoms with van der Waals surface area (Å²) >= 11 is 0. The molecule has 2 rings (SSSR count). The van der Waals surface area contributed by atoms with Gasteiger partial charge in [0.15, 0.2) is 5.96 Å². The van der Waals surface area contributed by atoms with Gasteiger partial charge in [0.05, 0.1) is 25.3 Å². The van der Waals surface area contributed by atoms with Gasteiger partial charge in [-0.2, -0.15) is 0 Å². The molecule has 0 amide bonds. The van der Waals surface area contributed by atoms with E-state index in [2.05, 4.69) is 22.1 Å². The largest absolute Gasteiger partial charge is 0.462 e. The molecule has 0 unspecified atom stereocenters. The highest BCUT2D eigenvalue weighted by Gasteiger charge is 2.21. The molecule has 1 N–H and O–H groups in total. The maximum atomic E-state index is 11.7. The zero-order valence-corrected chi connectivity index (χ0v) is 16.2. The van der Waals surface area contributed by atoms with Crippen LogP contribution < -0.4 is 5.32 Å². The summed E-state index contributed by atoms with van der Waals surface area (Å²) in [5.41, 5.74) is 1.61. The minimum absolute atomic E-state index is 0.290. The maximum Gasteiger partial charge on any atom is 0.338 e. The molecule has 1 fully saturated rings. The summed E-state index contributed by atoms with van der Waals surface area (Å²) < 4.78 is 10.7. The van der Waals surface area contributed by atoms with Crippen LogP contribution in [0.15, 0.2) is 29.3 Å². The van der Waals surface area contributed by atoms with Crippen LogP contribution in [-0.2, 0) is 16.0 Å². The molecule has 1 aliphatic rings. The van der Waals surface area contributed by atoms with E-state index in [0.717, 1.165) is 37.1 Å². The van der Waals surface area contributed by atoms with Gasteiger partial charge in [0, 0.05) is 26.7 Å². The standard InChI is InChI=1S/C20H31N3O3/c1-4-21-20(23(3)12-13-25-15-17-6-7-17)22-14-16-8-10-18(11-9-16)19(24)26-5-2/h8-11,17H,4-7,12-15H2,1-3H3,(H,21,22). The topological polar surface area (TPSA) is 63.2 Å². The quantitative estimate of drug-likeness (QED) is 0.300. The lowest BCUT2D eigenvalue weighted by atomic mass is 10.1. The Morgan fingerprint density at radius 1 is 1.27 bits per heavy atom. The smallest absolute Gasteiger partial charge is 0.338 e. The summed E-state index contributed by atoms with van der Waals surface area (Å²) in [4.78, 5) is 18.5. The number of benzene rings is 1. The third-order valence-corrected chi connectivity index (χ3v) is 4.19. The van der Waals surface area contributed by atoms with Crippen LogP contribution >= 0.6 is 0 Å². The van der Waals surface area contributed by atoms with Crippen molar-refractivity contribution in [3.05, 3.63) is 35.4 Å². The van der Waals surface area contributed by atoms with Gasteiger partial charge in [-0.1, -0.05) is 12.1 Å². The Labute approximate surface area is 156 Å². The van der Waals surface area contributed by atoms with E-state index in [-0.39, 0.29) is 5.97 Å². The first-order chi connectivity index (χ1) is 12.6. The fraction of sp³-hybridized carbons (Fsp3) is 0.600. The van der Waals surface area contributed by atoms with Crippen molar-refractivity contribution in [2.24, 2.45) is 10.9 Å². The van der Waals surface area contributed by atoms with Crippen molar-refractivity contribution in [1.29, 1.82) is 0 Å². The van der Waals surface area contributed by atoms with Gasteiger partial charge in [0.2, 0.25) is 0 Å². The van der Waals surface area contributed by atoms with Crippen LogP contribution in [0.5, 0.6) is 0 Å². The van der Waals surface area contributed by atoms with Crippen LogP contribution in [0.25, 0.3) is 0 Å². The summed E-state index contributed by atoms with van der Waals surface area (Å²) in [7, 11) is 2.02. The average molecular weight is 361 g/mol. The van der Waals surface area contributed by atoms with Crippen LogP contribution in [0.1, 0.15) is 42.6 Å². The summed E-state index contributed by atoms with van der Waals surface area (Å²) in [6, 6.07) is 7.40. The second-order valence-corrected chi connectivity index (χ2v) is 6.53. The number of aliphatic imine (C=N–C) groups is 1. The second kappa shape index (κ2) is 10.8. The van der Waals surface area contributed by atoms with Crippen LogP contribution in [0.4, 0.5) is 0 Å². The van der Waals surface area contributed by atoms with E-state index in [1.807, 2.05) is 19.2 Å². The molecule has 1 aromatic carbocycles. The summed E-state index contributed by atoms with van der Waals surface area (Å²) in [5.74, 6) is 1.36. The lowest BCUT2D eigenvalue weighted by molar-refractivity contribution is 0.0526. The Balaban J connectivity index is 1.84. The lowest BCUT2D eigenvalue weighted by Gasteiger charge is -2.22. The molecular formula is C20H31N3O3. The van der Waals surface area contributed by atoms with Crippen LogP contribution in [0.2, 0.25) is 0 Å². The molecule has 0 aliphatic heterocycles. The van der Waals surface area contributed by atoms with E-state index in [4.69, 9.17) is 9.47 Å². The summed E-state index contributed by atoms with van der Waals surface area (Å²) in [6.07, 6.45) is 2.63. The third-order valence-electron chi connectivity index (χ3n) is 4.19. The zero-order chi connectivity index (χ0) is 18.8. The van der Waals surface area contributed by atoms with Gasteiger partial charge in [0.25, 0.3) is 0 Å². The number of ether oxygens (including phenoxy) is 2. The van der Waals surface area contributed by atoms with Crippen molar-refractivity contribution < 1.29 is 14.3 Å². The average Bonchev–Trinajstić information content (AvgIpc) is 3.47. The number of nitrogens with one attached hydrogen (secondary N) is 1. The fourth-order valence-corrected chi connectivity index (χ4v) is 2.44. The molecule has 1 aromatic rings. The minimum Gasteiger partial charge on any atom is -0.462 e. The number of likely N-dealkylation sites (N-methyl/N-ethyl adjacent to an activating group) is 1. The van der Waals surface area contributed by atoms with E-state index >= 15 is 0 Å². The minimum atomic E-state index is -0.290. The Morgan fingerprint density at radius 2 is 2.00 bits per heavy atom. The van der Waals surface area contributed by atoms with Gasteiger partial charge in [-0.05, 0) is 50.3 Å². The molecule has 6 heteroatoms. The van der Waals surface area contributed by atoms with E-state index in [1.54, 1.807) is 19.1 Å². The molecule has 0 atom stereocenters. The van der Waals surface area contributed by atoms with E-state index < -0.39 is 0 Å². The molecule has 6 nitrogen and oxygen atoms in total. The molecule has 1 aliphatic carbocycles. The SMILES string of the molecule is CCNC(=NCc1ccc(C(=O)OCC)cc1)N(C)CCOCC1CC1. The maximum absolute atomic E-state index is 11.7. The number of esters is 1. The van der Waals surface area contributed by atoms with Gasteiger partial charge in [-0.15, -0.1) is 0 Å². The van der Waals surface area contributed by atoms with Crippen LogP contribution in [-0.4, -0.2) is 56.8 Å². The van der Waals surface area contributed by atoms with Crippen molar-refractivity contribution in [2.45, 2.75) is 33.2 Å². The Hall–Kier alpha value is -2.08. The third kappa shape index (κ3) is 7.04. The molecule has 0 saturated heterocycles. The molecule has 1 saturated carbocycles. The fourth-order valence-electron chi connectivity index (χ4n) is 2.44. The van der Waals surface area contributed by atoms with Crippen molar-refractivity contribution in [3.63, 3.8) is 0 Å². The first-order valence-electron chi connectivity index (χ1n) is 9.47. The highest BCUT2D eigenvalue weighted by atomic mass is 16.5. The Morgan fingerprint density at radius 3 is 2.62 bits per heavy atom. The van der Waals surface area contributed by atoms with Crippen molar-refractivity contribution in [3.8, 4) is 0 Å². The number of hydrogen-bond acceptors (Lipinski definition) is 4. The van der Waals surface area contributed by atoms with Gasteiger partial charge >= 0.3 is 5.97 Å². The molecule has 0 radical (unpaired) electrons. The van der Waals surface area contributed by atoms with Crippen LogP contribution in [0, 0.1) is 5.92 Å². The number of hydrogen-bond donors (Lipinski definition) is 1. The molecule has 26 heavy (non-hydrogen) atoms. The molecule has 144 valence electrons. The molecule has 0 heterocycles. The molecular weight excluding hydrogens is 330 g/mol. The molecule has 0 aromatic heterocycles. The number of guanidine groups is 1. The van der Waals surface area contributed by atoms with Crippen LogP contribution in [0.3, 0.4) is 0 Å². The van der Waals surface area contributed by atoms with E-state index in [9.17, 15) is 4.79 Å². The van der Waals surface area contributed by atoms with Crippen molar-refractivity contribution in [2.75, 3.05) is 40.0 Å². The summed E-state index contributed by atoms with van der Waals surface area (Å²) in [6.45, 7) is 8.01. The summed E-state index contributed by atoms with van der Waals surface area (Å²) in [5, 5.41) is 3.31. The first kappa shape index (κ1) is 20.2. The van der Waals surface area contributed by atoms with E-state index in [0.29, 0.717) is 25.3 Å². The molecule has 0 bridgehead atoms. The monoisotopic (exact) mass is 361 g/mol. The number of carbonyl (C=O) groups excluding carboxylic acids is 1. The van der Waals surface area contributed by atoms with E-state index in [1.165, 1.54) is 12.8 Å². The number of rotatable bonds is 10. The highest BCUT2D eigenvalue weighted by molar-refractivity contribution is 5.89. The lowest BCUT2D eigenvalue weighted by Crippen LogP contribution is -2.40.